The van der Waals surface area contributed by atoms with Gasteiger partial charge in [-0.3, -0.25) is 9.59 Å². The predicted octanol–water partition coefficient (Wildman–Crippen LogP) is 3.59. The van der Waals surface area contributed by atoms with Gasteiger partial charge in [-0.05, 0) is 75.3 Å². The second-order valence-corrected chi connectivity index (χ2v) is 8.75. The van der Waals surface area contributed by atoms with Gasteiger partial charge >= 0.3 is 0 Å². The van der Waals surface area contributed by atoms with Crippen LogP contribution >= 0.6 is 11.8 Å². The molecular weight excluding hydrogens is 396 g/mol. The van der Waals surface area contributed by atoms with Crippen LogP contribution in [0.1, 0.15) is 47.7 Å². The van der Waals surface area contributed by atoms with Crippen molar-refractivity contribution in [3.63, 3.8) is 0 Å². The Balaban J connectivity index is 1.48. The van der Waals surface area contributed by atoms with Gasteiger partial charge < -0.3 is 15.5 Å². The fraction of sp³-hybridized carbons (Fsp3) is 0.435. The topological polar surface area (TPSA) is 74.3 Å². The Labute approximate surface area is 182 Å². The average Bonchev–Trinajstić information content (AvgIpc) is 2.77. The minimum absolute atomic E-state index is 0.0196. The van der Waals surface area contributed by atoms with Crippen molar-refractivity contribution in [3.05, 3.63) is 53.9 Å². The third-order valence-electron chi connectivity index (χ3n) is 5.24. The predicted molar refractivity (Wildman–Crippen MR) is 122 cm³/mol. The lowest BCUT2D eigenvalue weighted by molar-refractivity contribution is 0.0934. The van der Waals surface area contributed by atoms with Crippen LogP contribution in [0.15, 0.2) is 47.4 Å². The number of piperidine rings is 1. The molecule has 0 saturated carbocycles. The van der Waals surface area contributed by atoms with E-state index in [1.165, 1.54) is 10.6 Å². The fourth-order valence-electron chi connectivity index (χ4n) is 3.54. The molecule has 0 aliphatic carbocycles. The first-order chi connectivity index (χ1) is 14.5. The van der Waals surface area contributed by atoms with E-state index in [9.17, 15) is 9.59 Å². The number of nitrogens with zero attached hydrogens (tertiary/aromatic N) is 2. The van der Waals surface area contributed by atoms with Crippen LogP contribution in [0.3, 0.4) is 0 Å². The molecule has 1 fully saturated rings. The quantitative estimate of drug-likeness (QED) is 0.662. The monoisotopic (exact) mass is 426 g/mol. The Morgan fingerprint density at radius 3 is 2.30 bits per heavy atom. The highest BCUT2D eigenvalue weighted by molar-refractivity contribution is 7.98. The number of thioether (sulfide) groups is 1. The van der Waals surface area contributed by atoms with Crippen molar-refractivity contribution in [2.45, 2.75) is 37.6 Å². The molecule has 1 saturated heterocycles. The Morgan fingerprint density at radius 2 is 1.70 bits per heavy atom. The van der Waals surface area contributed by atoms with Crippen LogP contribution in [0.5, 0.6) is 0 Å². The van der Waals surface area contributed by atoms with Gasteiger partial charge in [0.1, 0.15) is 11.4 Å². The molecular formula is C23H30N4O2S. The highest BCUT2D eigenvalue weighted by Crippen LogP contribution is 2.25. The molecule has 3 rings (SSSR count). The number of benzene rings is 1. The number of hydrogen-bond donors (Lipinski definition) is 2. The summed E-state index contributed by atoms with van der Waals surface area (Å²) in [7, 11) is 0. The zero-order valence-electron chi connectivity index (χ0n) is 17.9. The summed E-state index contributed by atoms with van der Waals surface area (Å²) in [4.78, 5) is 32.5. The summed E-state index contributed by atoms with van der Waals surface area (Å²) in [5, 5.41) is 5.78. The third kappa shape index (κ3) is 5.98. The first kappa shape index (κ1) is 22.2. The summed E-state index contributed by atoms with van der Waals surface area (Å²) in [5.74, 6) is -0.0510. The zero-order valence-corrected chi connectivity index (χ0v) is 18.7. The van der Waals surface area contributed by atoms with Gasteiger partial charge in [0.2, 0.25) is 0 Å². The Bertz CT molecular complexity index is 862. The summed E-state index contributed by atoms with van der Waals surface area (Å²) in [6.07, 6.45) is 4.16. The number of rotatable bonds is 7. The molecule has 0 spiro atoms. The maximum Gasteiger partial charge on any atom is 0.270 e. The van der Waals surface area contributed by atoms with E-state index in [0.29, 0.717) is 12.5 Å². The molecule has 2 amide bonds. The number of pyridine rings is 1. The summed E-state index contributed by atoms with van der Waals surface area (Å²) in [5.41, 5.74) is 1.80. The van der Waals surface area contributed by atoms with E-state index in [4.69, 9.17) is 0 Å². The van der Waals surface area contributed by atoms with Gasteiger partial charge in [-0.1, -0.05) is 6.07 Å². The molecule has 2 heterocycles. The van der Waals surface area contributed by atoms with Gasteiger partial charge in [0, 0.05) is 36.3 Å². The first-order valence-corrected chi connectivity index (χ1v) is 11.6. The van der Waals surface area contributed by atoms with Crippen LogP contribution in [0, 0.1) is 5.92 Å². The normalized spacial score (nSPS) is 14.6. The van der Waals surface area contributed by atoms with E-state index < -0.39 is 0 Å². The molecule has 6 nitrogen and oxygen atoms in total. The Morgan fingerprint density at radius 1 is 1.07 bits per heavy atom. The first-order valence-electron chi connectivity index (χ1n) is 10.4. The van der Waals surface area contributed by atoms with Gasteiger partial charge in [0.25, 0.3) is 11.8 Å². The van der Waals surface area contributed by atoms with Crippen LogP contribution < -0.4 is 15.5 Å². The number of amides is 2. The maximum absolute atomic E-state index is 12.5. The minimum atomic E-state index is -0.266. The molecule has 0 atom stereocenters. The second kappa shape index (κ2) is 10.5. The molecule has 160 valence electrons. The van der Waals surface area contributed by atoms with E-state index >= 15 is 0 Å². The lowest BCUT2D eigenvalue weighted by Crippen LogP contribution is -2.39. The molecule has 0 radical (unpaired) electrons. The van der Waals surface area contributed by atoms with Gasteiger partial charge in [0.15, 0.2) is 0 Å². The number of anilines is 1. The molecule has 30 heavy (non-hydrogen) atoms. The van der Waals surface area contributed by atoms with Crippen molar-refractivity contribution >= 4 is 29.3 Å². The standard InChI is InChI=1S/C23H30N4O2S/c1-16(2)25-23(29)21-6-4-5-20(26-21)22(28)24-15-17-11-13-27(14-12-17)18-7-9-19(30-3)10-8-18/h4-10,16-17H,11-15H2,1-3H3,(H,24,28)(H,25,29). The second-order valence-electron chi connectivity index (χ2n) is 7.87. The zero-order chi connectivity index (χ0) is 21.5. The lowest BCUT2D eigenvalue weighted by atomic mass is 9.96. The van der Waals surface area contributed by atoms with Crippen LogP contribution in [0.25, 0.3) is 0 Å². The molecule has 0 unspecified atom stereocenters. The number of carbonyl (C=O) groups is 2. The SMILES string of the molecule is CSc1ccc(N2CCC(CNC(=O)c3cccc(C(=O)NC(C)C)n3)CC2)cc1. The van der Waals surface area contributed by atoms with Crippen molar-refractivity contribution in [2.75, 3.05) is 30.8 Å². The molecule has 1 aliphatic heterocycles. The largest absolute Gasteiger partial charge is 0.372 e. The van der Waals surface area contributed by atoms with E-state index in [-0.39, 0.29) is 29.2 Å². The number of nitrogens with one attached hydrogen (secondary N) is 2. The Hall–Kier alpha value is -2.54. The average molecular weight is 427 g/mol. The smallest absolute Gasteiger partial charge is 0.270 e. The van der Waals surface area contributed by atoms with Gasteiger partial charge in [-0.2, -0.15) is 0 Å². The maximum atomic E-state index is 12.5. The van der Waals surface area contributed by atoms with Crippen LogP contribution in [-0.4, -0.2) is 48.7 Å². The highest BCUT2D eigenvalue weighted by Gasteiger charge is 2.21. The van der Waals surface area contributed by atoms with E-state index in [1.807, 2.05) is 13.8 Å². The van der Waals surface area contributed by atoms with E-state index in [2.05, 4.69) is 51.0 Å². The number of aromatic nitrogens is 1. The lowest BCUT2D eigenvalue weighted by Gasteiger charge is -2.33. The Kier molecular flexibility index (Phi) is 7.74. The molecule has 0 bridgehead atoms. The van der Waals surface area contributed by atoms with Gasteiger partial charge in [-0.15, -0.1) is 11.8 Å². The van der Waals surface area contributed by atoms with Gasteiger partial charge in [0.05, 0.1) is 0 Å². The highest BCUT2D eigenvalue weighted by atomic mass is 32.2. The summed E-state index contributed by atoms with van der Waals surface area (Å²) in [6.45, 7) is 6.38. The number of carbonyl (C=O) groups excluding carboxylic acids is 2. The summed E-state index contributed by atoms with van der Waals surface area (Å²) < 4.78 is 0. The molecule has 1 aromatic heterocycles. The fourth-order valence-corrected chi connectivity index (χ4v) is 3.95. The number of hydrogen-bond acceptors (Lipinski definition) is 5. The molecule has 2 aromatic rings. The van der Waals surface area contributed by atoms with Gasteiger partial charge in [-0.25, -0.2) is 4.98 Å². The van der Waals surface area contributed by atoms with Crippen LogP contribution in [0.4, 0.5) is 5.69 Å². The van der Waals surface area contributed by atoms with Crippen molar-refractivity contribution in [1.29, 1.82) is 0 Å². The van der Waals surface area contributed by atoms with Crippen molar-refractivity contribution in [1.82, 2.24) is 15.6 Å². The molecule has 1 aromatic carbocycles. The van der Waals surface area contributed by atoms with Crippen molar-refractivity contribution in [2.24, 2.45) is 5.92 Å². The van der Waals surface area contributed by atoms with Crippen molar-refractivity contribution < 1.29 is 9.59 Å². The molecule has 7 heteroatoms. The molecule has 1 aliphatic rings. The third-order valence-corrected chi connectivity index (χ3v) is 5.98. The van der Waals surface area contributed by atoms with E-state index in [1.54, 1.807) is 30.0 Å². The molecule has 2 N–H and O–H groups in total. The summed E-state index contributed by atoms with van der Waals surface area (Å²) in [6, 6.07) is 13.7. The van der Waals surface area contributed by atoms with Crippen LogP contribution in [0.2, 0.25) is 0 Å². The van der Waals surface area contributed by atoms with Crippen LogP contribution in [-0.2, 0) is 0 Å². The van der Waals surface area contributed by atoms with Crippen molar-refractivity contribution in [3.8, 4) is 0 Å². The minimum Gasteiger partial charge on any atom is -0.372 e. The summed E-state index contributed by atoms with van der Waals surface area (Å²) >= 11 is 1.75. The van der Waals surface area contributed by atoms with E-state index in [0.717, 1.165) is 25.9 Å².